The summed E-state index contributed by atoms with van der Waals surface area (Å²) in [5.41, 5.74) is -2.93. The average Bonchev–Trinajstić information content (AvgIpc) is 2.87. The summed E-state index contributed by atoms with van der Waals surface area (Å²) in [4.78, 5) is 44.2. The number of nitrogens with zero attached hydrogens (tertiary/aromatic N) is 4. The van der Waals surface area contributed by atoms with Crippen LogP contribution in [-0.2, 0) is 39.8 Å². The minimum Gasteiger partial charge on any atom is -0.444 e. The van der Waals surface area contributed by atoms with Crippen LogP contribution in [0.5, 0.6) is 0 Å². The predicted octanol–water partition coefficient (Wildman–Crippen LogP) is 5.44. The quantitative estimate of drug-likeness (QED) is 0.367. The summed E-state index contributed by atoms with van der Waals surface area (Å²) in [7, 11) is 3.37. The van der Waals surface area contributed by atoms with Crippen molar-refractivity contribution in [1.29, 1.82) is 0 Å². The number of carbonyl (C=O) groups is 3. The van der Waals surface area contributed by atoms with E-state index < -0.39 is 47.9 Å². The van der Waals surface area contributed by atoms with E-state index in [4.69, 9.17) is 16.3 Å². The molecule has 2 aromatic carbocycles. The van der Waals surface area contributed by atoms with Crippen LogP contribution < -0.4 is 0 Å². The van der Waals surface area contributed by atoms with Crippen molar-refractivity contribution in [3.8, 4) is 0 Å². The number of benzene rings is 2. The highest BCUT2D eigenvalue weighted by atomic mass is 35.5. The maximum absolute atomic E-state index is 13.3. The van der Waals surface area contributed by atoms with Gasteiger partial charge in [0.15, 0.2) is 0 Å². The summed E-state index contributed by atoms with van der Waals surface area (Å²) in [6, 6.07) is 7.66. The lowest BCUT2D eigenvalue weighted by atomic mass is 10.1. The molecule has 1 unspecified atom stereocenters. The highest BCUT2D eigenvalue weighted by Gasteiger charge is 2.40. The van der Waals surface area contributed by atoms with Crippen molar-refractivity contribution in [3.63, 3.8) is 0 Å². The normalized spacial score (nSPS) is 16.2. The van der Waals surface area contributed by atoms with E-state index in [0.29, 0.717) is 22.7 Å². The van der Waals surface area contributed by atoms with E-state index in [0.717, 1.165) is 4.90 Å². The van der Waals surface area contributed by atoms with Crippen molar-refractivity contribution in [2.24, 2.45) is 0 Å². The third-order valence-corrected chi connectivity index (χ3v) is 6.61. The number of carbonyl (C=O) groups excluding carboxylic acids is 3. The van der Waals surface area contributed by atoms with Crippen LogP contribution in [0.2, 0.25) is 5.02 Å². The lowest BCUT2D eigenvalue weighted by Gasteiger charge is -2.45. The molecule has 15 heteroatoms. The molecular weight excluding hydrogens is 594 g/mol. The molecule has 0 radical (unpaired) electrons. The van der Waals surface area contributed by atoms with Crippen molar-refractivity contribution in [1.82, 2.24) is 19.6 Å². The van der Waals surface area contributed by atoms with Crippen LogP contribution in [-0.4, -0.2) is 77.5 Å². The number of halogens is 7. The standard InChI is InChI=1S/C27H29ClF6N4O4/c1-17(39)36(13-18-5-4-6-22(28)11-18)14-23-37(8-7-24(40)38(23)16-35(2)3)25(41)42-15-19-9-20(26(29,30)31)12-21(10-19)27(32,33)34/h4-6,9-12,23H,7-8,13-16H2,1-3H3. The lowest BCUT2D eigenvalue weighted by molar-refractivity contribution is -0.150. The third kappa shape index (κ3) is 8.74. The third-order valence-electron chi connectivity index (χ3n) is 6.38. The molecule has 230 valence electrons. The van der Waals surface area contributed by atoms with E-state index in [2.05, 4.69) is 0 Å². The molecule has 1 atom stereocenters. The average molecular weight is 623 g/mol. The Hall–Kier alpha value is -3.52. The van der Waals surface area contributed by atoms with Crippen molar-refractivity contribution in [2.45, 2.75) is 45.0 Å². The van der Waals surface area contributed by atoms with E-state index in [-0.39, 0.29) is 50.6 Å². The number of hydrogen-bond acceptors (Lipinski definition) is 5. The topological polar surface area (TPSA) is 73.4 Å². The molecule has 1 saturated heterocycles. The van der Waals surface area contributed by atoms with Crippen LogP contribution in [0, 0.1) is 0 Å². The van der Waals surface area contributed by atoms with Crippen molar-refractivity contribution >= 4 is 29.5 Å². The second-order valence-electron chi connectivity index (χ2n) is 10.0. The van der Waals surface area contributed by atoms with Gasteiger partial charge in [0.25, 0.3) is 0 Å². The molecule has 1 aliphatic rings. The fraction of sp³-hybridized carbons (Fsp3) is 0.444. The van der Waals surface area contributed by atoms with Gasteiger partial charge in [0.2, 0.25) is 11.8 Å². The monoisotopic (exact) mass is 622 g/mol. The Morgan fingerprint density at radius 2 is 1.62 bits per heavy atom. The summed E-state index contributed by atoms with van der Waals surface area (Å²) in [6.45, 7) is 0.252. The van der Waals surface area contributed by atoms with Gasteiger partial charge in [0.05, 0.1) is 24.3 Å². The van der Waals surface area contributed by atoms with E-state index in [1.807, 2.05) is 0 Å². The van der Waals surface area contributed by atoms with Crippen molar-refractivity contribution in [3.05, 3.63) is 69.7 Å². The molecule has 3 amide bonds. The molecule has 0 aliphatic carbocycles. The highest BCUT2D eigenvalue weighted by molar-refractivity contribution is 6.30. The van der Waals surface area contributed by atoms with Crippen LogP contribution in [0.3, 0.4) is 0 Å². The Morgan fingerprint density at radius 3 is 2.14 bits per heavy atom. The van der Waals surface area contributed by atoms with E-state index in [1.165, 1.54) is 16.7 Å². The molecule has 1 fully saturated rings. The Morgan fingerprint density at radius 1 is 1.00 bits per heavy atom. The van der Waals surface area contributed by atoms with Crippen molar-refractivity contribution < 1.29 is 45.5 Å². The van der Waals surface area contributed by atoms with Crippen molar-refractivity contribution in [2.75, 3.05) is 33.9 Å². The van der Waals surface area contributed by atoms with Gasteiger partial charge in [-0.1, -0.05) is 23.7 Å². The molecule has 8 nitrogen and oxygen atoms in total. The number of alkyl halides is 6. The van der Waals surface area contributed by atoms with Gasteiger partial charge in [-0.05, 0) is 55.6 Å². The van der Waals surface area contributed by atoms with Gasteiger partial charge in [0, 0.05) is 31.5 Å². The van der Waals surface area contributed by atoms with Gasteiger partial charge in [-0.2, -0.15) is 26.3 Å². The zero-order chi connectivity index (χ0) is 31.4. The Balaban J connectivity index is 1.88. The van der Waals surface area contributed by atoms with Crippen LogP contribution in [0.4, 0.5) is 31.1 Å². The largest absolute Gasteiger partial charge is 0.444 e. The summed E-state index contributed by atoms with van der Waals surface area (Å²) in [5, 5.41) is 0.437. The van der Waals surface area contributed by atoms with Gasteiger partial charge < -0.3 is 14.5 Å². The summed E-state index contributed by atoms with van der Waals surface area (Å²) in [6.07, 6.45) is -12.4. The maximum Gasteiger partial charge on any atom is 0.416 e. The SMILES string of the molecule is CC(=O)N(Cc1cccc(Cl)c1)CC1N(CN(C)C)C(=O)CCN1C(=O)OCc1cc(C(F)(F)F)cc(C(F)(F)F)c1. The van der Waals surface area contributed by atoms with Crippen LogP contribution >= 0.6 is 11.6 Å². The van der Waals surface area contributed by atoms with E-state index in [9.17, 15) is 40.7 Å². The van der Waals surface area contributed by atoms with E-state index in [1.54, 1.807) is 43.3 Å². The first kappa shape index (κ1) is 33.0. The number of amides is 3. The summed E-state index contributed by atoms with van der Waals surface area (Å²) < 4.78 is 84.7. The number of rotatable bonds is 8. The smallest absolute Gasteiger partial charge is 0.416 e. The zero-order valence-electron chi connectivity index (χ0n) is 22.9. The second-order valence-corrected chi connectivity index (χ2v) is 10.4. The Kier molecular flexibility index (Phi) is 10.4. The van der Waals surface area contributed by atoms with E-state index >= 15 is 0 Å². The first-order valence-electron chi connectivity index (χ1n) is 12.6. The molecule has 1 heterocycles. The first-order chi connectivity index (χ1) is 19.5. The molecule has 0 spiro atoms. The molecule has 0 N–H and O–H groups in total. The first-order valence-corrected chi connectivity index (χ1v) is 13.0. The fourth-order valence-corrected chi connectivity index (χ4v) is 4.63. The molecule has 1 aliphatic heterocycles. The van der Waals surface area contributed by atoms with Gasteiger partial charge in [-0.25, -0.2) is 4.79 Å². The van der Waals surface area contributed by atoms with Gasteiger partial charge in [-0.15, -0.1) is 0 Å². The van der Waals surface area contributed by atoms with Gasteiger partial charge in [0.1, 0.15) is 12.8 Å². The Labute approximate surface area is 243 Å². The molecule has 0 bridgehead atoms. The highest BCUT2D eigenvalue weighted by Crippen LogP contribution is 2.36. The maximum atomic E-state index is 13.3. The fourth-order valence-electron chi connectivity index (χ4n) is 4.42. The van der Waals surface area contributed by atoms with Gasteiger partial charge >= 0.3 is 18.4 Å². The van der Waals surface area contributed by atoms with Crippen LogP contribution in [0.1, 0.15) is 35.6 Å². The summed E-state index contributed by atoms with van der Waals surface area (Å²) >= 11 is 6.06. The van der Waals surface area contributed by atoms with Crippen LogP contribution in [0.15, 0.2) is 42.5 Å². The van der Waals surface area contributed by atoms with Gasteiger partial charge in [-0.3, -0.25) is 19.4 Å². The molecule has 0 aromatic heterocycles. The summed E-state index contributed by atoms with van der Waals surface area (Å²) in [5.74, 6) is -0.702. The molecule has 42 heavy (non-hydrogen) atoms. The predicted molar refractivity (Wildman–Crippen MR) is 140 cm³/mol. The minimum atomic E-state index is -5.07. The molecule has 2 aromatic rings. The zero-order valence-corrected chi connectivity index (χ0v) is 23.7. The number of hydrogen-bond donors (Lipinski definition) is 0. The Bertz CT molecular complexity index is 1270. The molecule has 3 rings (SSSR count). The molecule has 0 saturated carbocycles. The number of ether oxygens (including phenoxy) is 1. The minimum absolute atomic E-state index is 0.0208. The van der Waals surface area contributed by atoms with Crippen LogP contribution in [0.25, 0.3) is 0 Å². The second kappa shape index (κ2) is 13.2. The molecular formula is C27H29ClF6N4O4. The lowest BCUT2D eigenvalue weighted by Crippen LogP contribution is -2.63.